The predicted octanol–water partition coefficient (Wildman–Crippen LogP) is 1.16. The van der Waals surface area contributed by atoms with E-state index >= 15 is 0 Å². The van der Waals surface area contributed by atoms with Crippen molar-refractivity contribution in [3.8, 4) is 12.3 Å². The number of aromatic nitrogens is 1. The molecule has 0 atom stereocenters. The fraction of sp³-hybridized carbons (Fsp3) is 0.500. The minimum atomic E-state index is 0.683. The topological polar surface area (TPSA) is 25.4 Å². The van der Waals surface area contributed by atoms with Crippen LogP contribution in [0.1, 0.15) is 4.88 Å². The van der Waals surface area contributed by atoms with E-state index in [1.54, 1.807) is 11.3 Å². The highest BCUT2D eigenvalue weighted by molar-refractivity contribution is 7.15. The van der Waals surface area contributed by atoms with Gasteiger partial charge in [0.05, 0.1) is 13.2 Å². The summed E-state index contributed by atoms with van der Waals surface area (Å²) >= 11 is 1.68. The Kier molecular flexibility index (Phi) is 3.02. The van der Waals surface area contributed by atoms with Gasteiger partial charge in [0, 0.05) is 30.6 Å². The number of thiazole rings is 1. The summed E-state index contributed by atoms with van der Waals surface area (Å²) in [5.74, 6) is 2.63. The van der Waals surface area contributed by atoms with E-state index in [9.17, 15) is 0 Å². The molecule has 4 heteroatoms. The van der Waals surface area contributed by atoms with Crippen LogP contribution in [0.5, 0.6) is 0 Å². The summed E-state index contributed by atoms with van der Waals surface area (Å²) in [5, 5.41) is 1.07. The van der Waals surface area contributed by atoms with Gasteiger partial charge in [-0.15, -0.1) is 23.7 Å². The number of ether oxygens (including phenoxy) is 1. The lowest BCUT2D eigenvalue weighted by Crippen LogP contribution is -2.36. The third kappa shape index (κ3) is 2.06. The van der Waals surface area contributed by atoms with Crippen LogP contribution in [0, 0.1) is 12.3 Å². The smallest absolute Gasteiger partial charge is 0.185 e. The third-order valence-corrected chi connectivity index (χ3v) is 3.16. The van der Waals surface area contributed by atoms with Gasteiger partial charge in [0.25, 0.3) is 0 Å². The Labute approximate surface area is 87.7 Å². The fourth-order valence-electron chi connectivity index (χ4n) is 1.38. The van der Waals surface area contributed by atoms with Crippen LogP contribution in [0.15, 0.2) is 6.20 Å². The Morgan fingerprint density at radius 2 is 2.36 bits per heavy atom. The van der Waals surface area contributed by atoms with Crippen LogP contribution in [0.4, 0.5) is 5.13 Å². The number of rotatable bonds is 2. The van der Waals surface area contributed by atoms with Crippen molar-refractivity contribution in [1.82, 2.24) is 4.98 Å². The van der Waals surface area contributed by atoms with Gasteiger partial charge in [0.1, 0.15) is 0 Å². The van der Waals surface area contributed by atoms with Crippen LogP contribution >= 0.6 is 11.3 Å². The molecule has 0 aromatic carbocycles. The van der Waals surface area contributed by atoms with Crippen molar-refractivity contribution >= 4 is 16.5 Å². The maximum absolute atomic E-state index is 5.28. The van der Waals surface area contributed by atoms with Gasteiger partial charge in [-0.2, -0.15) is 0 Å². The second-order valence-corrected chi connectivity index (χ2v) is 4.18. The molecule has 1 aromatic rings. The van der Waals surface area contributed by atoms with Crippen molar-refractivity contribution in [3.63, 3.8) is 0 Å². The molecule has 0 radical (unpaired) electrons. The van der Waals surface area contributed by atoms with Gasteiger partial charge in [-0.25, -0.2) is 4.98 Å². The Bertz CT molecular complexity index is 336. The highest BCUT2D eigenvalue weighted by Crippen LogP contribution is 2.23. The number of nitrogens with zero attached hydrogens (tertiary/aromatic N) is 2. The molecule has 0 bridgehead atoms. The van der Waals surface area contributed by atoms with E-state index in [0.717, 1.165) is 36.3 Å². The molecular weight excluding hydrogens is 196 g/mol. The van der Waals surface area contributed by atoms with Gasteiger partial charge in [-0.05, 0) is 0 Å². The molecule has 14 heavy (non-hydrogen) atoms. The van der Waals surface area contributed by atoms with Gasteiger partial charge in [-0.3, -0.25) is 0 Å². The monoisotopic (exact) mass is 208 g/mol. The molecule has 1 saturated heterocycles. The Hall–Kier alpha value is -1.05. The molecule has 1 aromatic heterocycles. The number of anilines is 1. The molecule has 3 nitrogen and oxygen atoms in total. The van der Waals surface area contributed by atoms with E-state index in [4.69, 9.17) is 11.2 Å². The summed E-state index contributed by atoms with van der Waals surface area (Å²) in [6.45, 7) is 3.46. The molecule has 0 spiro atoms. The summed E-state index contributed by atoms with van der Waals surface area (Å²) in [6, 6.07) is 0. The maximum atomic E-state index is 5.28. The van der Waals surface area contributed by atoms with Crippen LogP contribution in [0.2, 0.25) is 0 Å². The van der Waals surface area contributed by atoms with Crippen LogP contribution in [0.3, 0.4) is 0 Å². The normalized spacial score (nSPS) is 16.6. The number of terminal acetylenes is 1. The first-order valence-corrected chi connectivity index (χ1v) is 5.42. The largest absolute Gasteiger partial charge is 0.378 e. The molecule has 0 saturated carbocycles. The van der Waals surface area contributed by atoms with E-state index < -0.39 is 0 Å². The molecule has 1 aliphatic heterocycles. The minimum absolute atomic E-state index is 0.683. The third-order valence-electron chi connectivity index (χ3n) is 2.10. The van der Waals surface area contributed by atoms with E-state index in [1.807, 2.05) is 6.20 Å². The highest BCUT2D eigenvalue weighted by atomic mass is 32.1. The van der Waals surface area contributed by atoms with Crippen LogP contribution in [0.25, 0.3) is 0 Å². The predicted molar refractivity (Wildman–Crippen MR) is 57.7 cm³/mol. The summed E-state index contributed by atoms with van der Waals surface area (Å²) in [5.41, 5.74) is 0. The number of hydrogen-bond acceptors (Lipinski definition) is 4. The SMILES string of the molecule is C#CCc1cnc(N2CCOCC2)s1. The Morgan fingerprint density at radius 1 is 1.57 bits per heavy atom. The fourth-order valence-corrected chi connectivity index (χ4v) is 2.29. The van der Waals surface area contributed by atoms with Gasteiger partial charge >= 0.3 is 0 Å². The molecule has 74 valence electrons. The van der Waals surface area contributed by atoms with E-state index in [1.165, 1.54) is 0 Å². The zero-order valence-electron chi connectivity index (χ0n) is 7.90. The molecule has 1 aliphatic rings. The van der Waals surface area contributed by atoms with Crippen LogP contribution in [-0.4, -0.2) is 31.3 Å². The van der Waals surface area contributed by atoms with Gasteiger partial charge in [0.2, 0.25) is 0 Å². The molecule has 1 fully saturated rings. The highest BCUT2D eigenvalue weighted by Gasteiger charge is 2.13. The van der Waals surface area contributed by atoms with Crippen molar-refractivity contribution in [2.45, 2.75) is 6.42 Å². The summed E-state index contributed by atoms with van der Waals surface area (Å²) in [4.78, 5) is 7.76. The standard InChI is InChI=1S/C10H12N2OS/c1-2-3-9-8-11-10(14-9)12-4-6-13-7-5-12/h1,8H,3-7H2. The molecule has 0 N–H and O–H groups in total. The lowest BCUT2D eigenvalue weighted by atomic mass is 10.4. The number of hydrogen-bond donors (Lipinski definition) is 0. The zero-order chi connectivity index (χ0) is 9.80. The molecule has 2 heterocycles. The van der Waals surface area contributed by atoms with E-state index in [-0.39, 0.29) is 0 Å². The number of morpholine rings is 1. The van der Waals surface area contributed by atoms with Crippen molar-refractivity contribution in [2.75, 3.05) is 31.2 Å². The van der Waals surface area contributed by atoms with Crippen molar-refractivity contribution in [2.24, 2.45) is 0 Å². The first-order valence-electron chi connectivity index (χ1n) is 4.61. The quantitative estimate of drug-likeness (QED) is 0.682. The zero-order valence-corrected chi connectivity index (χ0v) is 8.72. The molecule has 2 rings (SSSR count). The van der Waals surface area contributed by atoms with Crippen molar-refractivity contribution in [3.05, 3.63) is 11.1 Å². The molecule has 0 amide bonds. The Balaban J connectivity index is 2.04. The van der Waals surface area contributed by atoms with Gasteiger partial charge < -0.3 is 9.64 Å². The summed E-state index contributed by atoms with van der Waals surface area (Å²) in [6.07, 6.45) is 7.80. The lowest BCUT2D eigenvalue weighted by Gasteiger charge is -2.25. The first-order chi connectivity index (χ1) is 6.90. The van der Waals surface area contributed by atoms with Crippen molar-refractivity contribution in [1.29, 1.82) is 0 Å². The molecule has 0 unspecified atom stereocenters. The second kappa shape index (κ2) is 4.45. The van der Waals surface area contributed by atoms with Gasteiger partial charge in [-0.1, -0.05) is 0 Å². The van der Waals surface area contributed by atoms with Crippen LogP contribution in [-0.2, 0) is 11.2 Å². The average molecular weight is 208 g/mol. The first kappa shape index (κ1) is 9.50. The minimum Gasteiger partial charge on any atom is -0.378 e. The summed E-state index contributed by atoms with van der Waals surface area (Å²) < 4.78 is 5.28. The average Bonchev–Trinajstić information content (AvgIpc) is 2.68. The van der Waals surface area contributed by atoms with Crippen molar-refractivity contribution < 1.29 is 4.74 Å². The molecule has 0 aliphatic carbocycles. The van der Waals surface area contributed by atoms with Crippen LogP contribution < -0.4 is 4.90 Å². The molecular formula is C10H12N2OS. The second-order valence-electron chi connectivity index (χ2n) is 3.09. The Morgan fingerprint density at radius 3 is 3.07 bits per heavy atom. The van der Waals surface area contributed by atoms with E-state index in [2.05, 4.69) is 15.8 Å². The summed E-state index contributed by atoms with van der Waals surface area (Å²) in [7, 11) is 0. The lowest BCUT2D eigenvalue weighted by molar-refractivity contribution is 0.122. The maximum Gasteiger partial charge on any atom is 0.185 e. The van der Waals surface area contributed by atoms with E-state index in [0.29, 0.717) is 6.42 Å². The van der Waals surface area contributed by atoms with Gasteiger partial charge in [0.15, 0.2) is 5.13 Å².